The summed E-state index contributed by atoms with van der Waals surface area (Å²) in [6.45, 7) is 1.90. The van der Waals surface area contributed by atoms with Gasteiger partial charge in [0.15, 0.2) is 5.76 Å². The Hall–Kier alpha value is -1.66. The molecule has 0 amide bonds. The lowest BCUT2D eigenvalue weighted by Gasteiger charge is -2.51. The molecule has 22 heavy (non-hydrogen) atoms. The highest BCUT2D eigenvalue weighted by atomic mass is 16.7. The second-order valence-corrected chi connectivity index (χ2v) is 5.55. The van der Waals surface area contributed by atoms with Gasteiger partial charge in [0, 0.05) is 20.1 Å². The maximum absolute atomic E-state index is 12.7. The van der Waals surface area contributed by atoms with Gasteiger partial charge in [0.05, 0.1) is 14.2 Å². The fourth-order valence-electron chi connectivity index (χ4n) is 3.67. The molecule has 6 heteroatoms. The van der Waals surface area contributed by atoms with E-state index in [1.807, 2.05) is 19.1 Å². The average molecular weight is 310 g/mol. The van der Waals surface area contributed by atoms with Gasteiger partial charge in [-0.15, -0.1) is 0 Å². The number of allylic oxidation sites excluding steroid dienone is 2. The second kappa shape index (κ2) is 5.85. The zero-order chi connectivity index (χ0) is 16.5. The number of Topliss-reactive ketones (excluding diaryl/α,β-unsaturated/α-hetero) is 1. The van der Waals surface area contributed by atoms with Gasteiger partial charge in [-0.3, -0.25) is 9.59 Å². The summed E-state index contributed by atoms with van der Waals surface area (Å²) < 4.78 is 21.2. The fourth-order valence-corrected chi connectivity index (χ4v) is 3.67. The van der Waals surface area contributed by atoms with Crippen molar-refractivity contribution < 1.29 is 28.5 Å². The van der Waals surface area contributed by atoms with Crippen LogP contribution < -0.4 is 0 Å². The lowest BCUT2D eigenvalue weighted by Crippen LogP contribution is -2.63. The van der Waals surface area contributed by atoms with Crippen molar-refractivity contribution in [2.75, 3.05) is 28.4 Å². The van der Waals surface area contributed by atoms with Crippen LogP contribution in [0.15, 0.2) is 24.0 Å². The Kier molecular flexibility index (Phi) is 4.44. The molecule has 0 saturated carbocycles. The van der Waals surface area contributed by atoms with Gasteiger partial charge in [-0.1, -0.05) is 19.1 Å². The molecule has 0 aromatic rings. The molecule has 0 aromatic carbocycles. The first kappa shape index (κ1) is 16.7. The molecule has 0 spiro atoms. The molecule has 0 heterocycles. The minimum Gasteiger partial charge on any atom is -0.493 e. The normalized spacial score (nSPS) is 33.0. The Morgan fingerprint density at radius 1 is 1.23 bits per heavy atom. The molecule has 0 unspecified atom stereocenters. The molecule has 0 aliphatic heterocycles. The summed E-state index contributed by atoms with van der Waals surface area (Å²) in [7, 11) is 5.50. The number of esters is 1. The van der Waals surface area contributed by atoms with E-state index in [4.69, 9.17) is 18.9 Å². The van der Waals surface area contributed by atoms with Gasteiger partial charge < -0.3 is 18.9 Å². The fraction of sp³-hybridized carbons (Fsp3) is 0.625. The summed E-state index contributed by atoms with van der Waals surface area (Å²) in [5, 5.41) is 0. The minimum absolute atomic E-state index is 0.0486. The highest BCUT2D eigenvalue weighted by Crippen LogP contribution is 2.54. The van der Waals surface area contributed by atoms with Crippen LogP contribution in [0, 0.1) is 17.3 Å². The van der Waals surface area contributed by atoms with Crippen molar-refractivity contribution in [3.8, 4) is 0 Å². The molecule has 6 nitrogen and oxygen atoms in total. The summed E-state index contributed by atoms with van der Waals surface area (Å²) in [6, 6.07) is 0. The second-order valence-electron chi connectivity index (χ2n) is 5.55. The van der Waals surface area contributed by atoms with Gasteiger partial charge in [0.2, 0.25) is 5.79 Å². The number of carbonyl (C=O) groups excluding carboxylic acids is 2. The van der Waals surface area contributed by atoms with Crippen LogP contribution in [0.5, 0.6) is 0 Å². The van der Waals surface area contributed by atoms with Crippen molar-refractivity contribution in [1.82, 2.24) is 0 Å². The van der Waals surface area contributed by atoms with E-state index in [1.165, 1.54) is 28.4 Å². The van der Waals surface area contributed by atoms with Crippen LogP contribution in [0.3, 0.4) is 0 Å². The van der Waals surface area contributed by atoms with Crippen LogP contribution in [0.1, 0.15) is 13.3 Å². The maximum Gasteiger partial charge on any atom is 0.316 e. The number of fused-ring (bicyclic) bond motifs is 1. The van der Waals surface area contributed by atoms with Crippen LogP contribution in [0.25, 0.3) is 0 Å². The van der Waals surface area contributed by atoms with Crippen molar-refractivity contribution >= 4 is 11.8 Å². The number of methoxy groups -OCH3 is 4. The summed E-state index contributed by atoms with van der Waals surface area (Å²) in [6.07, 6.45) is 5.89. The quantitative estimate of drug-likeness (QED) is 0.445. The Balaban J connectivity index is 2.77. The first-order chi connectivity index (χ1) is 10.4. The maximum atomic E-state index is 12.7. The molecule has 0 radical (unpaired) electrons. The molecule has 0 saturated heterocycles. The van der Waals surface area contributed by atoms with E-state index in [0.29, 0.717) is 6.42 Å². The van der Waals surface area contributed by atoms with E-state index in [0.717, 1.165) is 0 Å². The SMILES string of the molecule is COC(=O)[C@@]12C=C(OC)C(=O)C(OC)(OC)[C@@H]1CC=C[C@@H]2C. The molecular formula is C16H22O6. The Morgan fingerprint density at radius 2 is 1.86 bits per heavy atom. The van der Waals surface area contributed by atoms with Crippen molar-refractivity contribution in [2.24, 2.45) is 17.3 Å². The van der Waals surface area contributed by atoms with Crippen molar-refractivity contribution in [1.29, 1.82) is 0 Å². The van der Waals surface area contributed by atoms with Crippen LogP contribution in [-0.4, -0.2) is 46.0 Å². The number of hydrogen-bond acceptors (Lipinski definition) is 6. The predicted molar refractivity (Wildman–Crippen MR) is 77.7 cm³/mol. The van der Waals surface area contributed by atoms with E-state index in [-0.39, 0.29) is 11.7 Å². The highest BCUT2D eigenvalue weighted by Gasteiger charge is 2.65. The largest absolute Gasteiger partial charge is 0.493 e. The highest BCUT2D eigenvalue weighted by molar-refractivity contribution is 6.03. The molecule has 2 rings (SSSR count). The number of rotatable bonds is 4. The number of hydrogen-bond donors (Lipinski definition) is 0. The van der Waals surface area contributed by atoms with Gasteiger partial charge in [0.25, 0.3) is 5.78 Å². The van der Waals surface area contributed by atoms with Crippen LogP contribution in [0.4, 0.5) is 0 Å². The van der Waals surface area contributed by atoms with E-state index < -0.39 is 28.9 Å². The van der Waals surface area contributed by atoms with Gasteiger partial charge in [0.1, 0.15) is 5.41 Å². The van der Waals surface area contributed by atoms with Crippen molar-refractivity contribution in [2.45, 2.75) is 19.1 Å². The Morgan fingerprint density at radius 3 is 2.36 bits per heavy atom. The van der Waals surface area contributed by atoms with Gasteiger partial charge >= 0.3 is 5.97 Å². The van der Waals surface area contributed by atoms with Gasteiger partial charge in [-0.25, -0.2) is 0 Å². The van der Waals surface area contributed by atoms with Crippen molar-refractivity contribution in [3.63, 3.8) is 0 Å². The Labute approximate surface area is 130 Å². The summed E-state index contributed by atoms with van der Waals surface area (Å²) >= 11 is 0. The third-order valence-corrected chi connectivity index (χ3v) is 4.86. The summed E-state index contributed by atoms with van der Waals surface area (Å²) in [5.74, 6) is -3.11. The molecule has 0 fully saturated rings. The van der Waals surface area contributed by atoms with Crippen LogP contribution in [-0.2, 0) is 28.5 Å². The Bertz CT molecular complexity index is 531. The minimum atomic E-state index is -1.58. The zero-order valence-corrected chi connectivity index (χ0v) is 13.5. The average Bonchev–Trinajstić information content (AvgIpc) is 2.55. The number of ketones is 1. The van der Waals surface area contributed by atoms with Crippen molar-refractivity contribution in [3.05, 3.63) is 24.0 Å². The molecule has 0 bridgehead atoms. The number of ether oxygens (including phenoxy) is 4. The predicted octanol–water partition coefficient (Wildman–Crippen LogP) is 1.46. The summed E-state index contributed by atoms with van der Waals surface area (Å²) in [4.78, 5) is 25.4. The third kappa shape index (κ3) is 1.94. The standard InChI is InChI=1S/C16H22O6/c1-10-7-6-8-12-15(10,14(18)20-3)9-11(19-2)13(17)16(12,21-4)22-5/h6-7,9-10,12H,8H2,1-5H3/t10-,12+,15+/m0/s1. The monoisotopic (exact) mass is 310 g/mol. The molecule has 2 aliphatic rings. The van der Waals surface area contributed by atoms with E-state index in [2.05, 4.69) is 0 Å². The van der Waals surface area contributed by atoms with Gasteiger partial charge in [-0.05, 0) is 18.4 Å². The molecular weight excluding hydrogens is 288 g/mol. The summed E-state index contributed by atoms with van der Waals surface area (Å²) in [5.41, 5.74) is -1.07. The first-order valence-corrected chi connectivity index (χ1v) is 7.11. The number of carbonyl (C=O) groups is 2. The lowest BCUT2D eigenvalue weighted by molar-refractivity contribution is -0.252. The molecule has 2 aliphatic carbocycles. The third-order valence-electron chi connectivity index (χ3n) is 4.86. The molecule has 0 N–H and O–H groups in total. The molecule has 3 atom stereocenters. The van der Waals surface area contributed by atoms with Crippen LogP contribution >= 0.6 is 0 Å². The molecule has 122 valence electrons. The van der Waals surface area contributed by atoms with Crippen LogP contribution in [0.2, 0.25) is 0 Å². The van der Waals surface area contributed by atoms with E-state index in [9.17, 15) is 9.59 Å². The smallest absolute Gasteiger partial charge is 0.316 e. The molecule has 0 aromatic heterocycles. The topological polar surface area (TPSA) is 71.1 Å². The zero-order valence-electron chi connectivity index (χ0n) is 13.5. The van der Waals surface area contributed by atoms with E-state index >= 15 is 0 Å². The lowest BCUT2D eigenvalue weighted by atomic mass is 9.57. The van der Waals surface area contributed by atoms with Gasteiger partial charge in [-0.2, -0.15) is 0 Å². The first-order valence-electron chi connectivity index (χ1n) is 7.11. The van der Waals surface area contributed by atoms with E-state index in [1.54, 1.807) is 6.08 Å².